The molecule has 3 fully saturated rings. The predicted molar refractivity (Wildman–Crippen MR) is 343 cm³/mol. The number of benzene rings is 6. The molecule has 1 saturated carbocycles. The van der Waals surface area contributed by atoms with Crippen LogP contribution in [0.4, 0.5) is 0 Å². The quantitative estimate of drug-likeness (QED) is 0.0823. The average Bonchev–Trinajstić information content (AvgIpc) is 1.69. The number of pyridine rings is 2. The number of ether oxygens (including phenoxy) is 4. The van der Waals surface area contributed by atoms with Crippen LogP contribution in [-0.4, -0.2) is 138 Å². The molecule has 88 heavy (non-hydrogen) atoms. The van der Waals surface area contributed by atoms with Crippen LogP contribution in [0.3, 0.4) is 0 Å². The Morgan fingerprint density at radius 1 is 0.568 bits per heavy atom. The van der Waals surface area contributed by atoms with Gasteiger partial charge < -0.3 is 47.8 Å². The Morgan fingerprint density at radius 3 is 1.52 bits per heavy atom. The maximum Gasteiger partial charge on any atom is 0.342 e. The van der Waals surface area contributed by atoms with Crippen LogP contribution < -0.4 is 9.47 Å². The Kier molecular flexibility index (Phi) is 18.0. The van der Waals surface area contributed by atoms with Gasteiger partial charge in [0.2, 0.25) is 0 Å². The molecule has 10 aromatic rings. The summed E-state index contributed by atoms with van der Waals surface area (Å²) in [5.41, 5.74) is 6.11. The zero-order valence-electron chi connectivity index (χ0n) is 51.2. The van der Waals surface area contributed by atoms with E-state index in [1.807, 2.05) is 78.9 Å². The first-order valence-corrected chi connectivity index (χ1v) is 31.0. The lowest BCUT2D eigenvalue weighted by Crippen LogP contribution is -2.46. The van der Waals surface area contributed by atoms with Gasteiger partial charge in [0.1, 0.15) is 63.4 Å². The van der Waals surface area contributed by atoms with Gasteiger partial charge in [-0.05, 0) is 142 Å². The number of furan rings is 2. The first-order chi connectivity index (χ1) is 42.9. The third-order valence-electron chi connectivity index (χ3n) is 18.1. The van der Waals surface area contributed by atoms with Crippen molar-refractivity contribution in [1.29, 1.82) is 0 Å². The first kappa shape index (κ1) is 59.8. The standard InChI is InChI=1S/C38H37N3O5.C34H41N3O5/c1-4-44-38(43)32-24(2)46-37-30-13-12-28(45-23-27-10-7-9-25-8-5-6-11-29(25)27)22-31(30)36(42)34(33(32)37)35(26-14-16-39-17-15-26)41-20-18-40(3)19-21-41;1-4-40-34(39)28-22(2)42-33-26-10-9-25(41-20-13-23-7-5-6-8-23)21-27(26)32(38)30(29(28)33)31(24-11-14-35-15-12-24)37-18-16-36(3)17-19-37/h5-17,22,35,42H,4,18-21,23H2,1-3H3;9-12,14-15,21,23,31,38H,4-8,13,16-20H2,1-3H3. The van der Waals surface area contributed by atoms with E-state index in [1.165, 1.54) is 25.7 Å². The molecular formula is C72H78N6O10. The number of fused-ring (bicyclic) bond motifs is 7. The molecule has 0 bridgehead atoms. The van der Waals surface area contributed by atoms with E-state index in [0.29, 0.717) is 90.8 Å². The summed E-state index contributed by atoms with van der Waals surface area (Å²) in [5.74, 6) is 2.29. The summed E-state index contributed by atoms with van der Waals surface area (Å²) >= 11 is 0. The van der Waals surface area contributed by atoms with Crippen molar-refractivity contribution in [2.45, 2.75) is 78.5 Å². The number of likely N-dealkylation sites (N-methyl/N-ethyl adjacent to an activating group) is 2. The highest BCUT2D eigenvalue weighted by atomic mass is 16.5. The van der Waals surface area contributed by atoms with Gasteiger partial charge in [-0.25, -0.2) is 9.59 Å². The van der Waals surface area contributed by atoms with E-state index in [-0.39, 0.29) is 36.8 Å². The van der Waals surface area contributed by atoms with Crippen LogP contribution in [0.5, 0.6) is 23.0 Å². The Bertz CT molecular complexity index is 4120. The fourth-order valence-electron chi connectivity index (χ4n) is 13.5. The molecule has 0 amide bonds. The van der Waals surface area contributed by atoms with Gasteiger partial charge in [-0.1, -0.05) is 68.1 Å². The molecule has 0 radical (unpaired) electrons. The summed E-state index contributed by atoms with van der Waals surface area (Å²) in [4.78, 5) is 44.7. The molecule has 4 aromatic heterocycles. The fraction of sp³-hybridized carbons (Fsp3) is 0.361. The van der Waals surface area contributed by atoms with Gasteiger partial charge >= 0.3 is 11.9 Å². The van der Waals surface area contributed by atoms with Crippen molar-refractivity contribution in [3.8, 4) is 23.0 Å². The second-order valence-electron chi connectivity index (χ2n) is 23.6. The zero-order valence-corrected chi connectivity index (χ0v) is 51.2. The molecule has 2 atom stereocenters. The van der Waals surface area contributed by atoms with Crippen LogP contribution in [0, 0.1) is 19.8 Å². The minimum absolute atomic E-state index is 0.0881. The number of piperazine rings is 2. The molecule has 2 unspecified atom stereocenters. The van der Waals surface area contributed by atoms with Crippen molar-refractivity contribution in [3.63, 3.8) is 0 Å². The van der Waals surface area contributed by atoms with Gasteiger partial charge in [0.25, 0.3) is 0 Å². The van der Waals surface area contributed by atoms with Gasteiger partial charge in [-0.2, -0.15) is 0 Å². The lowest BCUT2D eigenvalue weighted by atomic mass is 9.89. The maximum absolute atomic E-state index is 13.5. The predicted octanol–water partition coefficient (Wildman–Crippen LogP) is 13.7. The zero-order chi connectivity index (χ0) is 61.0. The average molecular weight is 1190 g/mol. The van der Waals surface area contributed by atoms with Crippen LogP contribution in [-0.2, 0) is 16.1 Å². The number of aromatic nitrogens is 2. The Labute approximate surface area is 513 Å². The molecule has 0 spiro atoms. The molecule has 2 N–H and O–H groups in total. The van der Waals surface area contributed by atoms with Crippen molar-refractivity contribution < 1.29 is 47.6 Å². The van der Waals surface area contributed by atoms with Gasteiger partial charge in [-0.3, -0.25) is 19.8 Å². The molecule has 456 valence electrons. The van der Waals surface area contributed by atoms with Crippen LogP contribution >= 0.6 is 0 Å². The van der Waals surface area contributed by atoms with Gasteiger partial charge in [0.05, 0.1) is 31.9 Å². The van der Waals surface area contributed by atoms with Crippen LogP contribution in [0.15, 0.2) is 137 Å². The smallest absolute Gasteiger partial charge is 0.342 e. The molecule has 1 aliphatic carbocycles. The fourth-order valence-corrected chi connectivity index (χ4v) is 13.5. The minimum Gasteiger partial charge on any atom is -0.507 e. The first-order valence-electron chi connectivity index (χ1n) is 31.0. The van der Waals surface area contributed by atoms with Gasteiger partial charge in [0, 0.05) is 121 Å². The highest BCUT2D eigenvalue weighted by Crippen LogP contribution is 2.50. The highest BCUT2D eigenvalue weighted by Gasteiger charge is 2.37. The summed E-state index contributed by atoms with van der Waals surface area (Å²) in [6.07, 6.45) is 13.3. The molecule has 16 heteroatoms. The number of aryl methyl sites for hydroxylation is 2. The number of rotatable bonds is 17. The second-order valence-corrected chi connectivity index (χ2v) is 23.6. The molecule has 3 aliphatic rings. The van der Waals surface area contributed by atoms with Crippen molar-refractivity contribution in [1.82, 2.24) is 29.6 Å². The number of carbonyl (C=O) groups is 2. The lowest BCUT2D eigenvalue weighted by molar-refractivity contribution is 0.0516. The molecule has 2 saturated heterocycles. The molecule has 6 aromatic carbocycles. The minimum atomic E-state index is -0.472. The van der Waals surface area contributed by atoms with E-state index in [9.17, 15) is 19.8 Å². The van der Waals surface area contributed by atoms with Crippen molar-refractivity contribution in [2.24, 2.45) is 5.92 Å². The number of carbonyl (C=O) groups excluding carboxylic acids is 2. The number of phenolic OH excluding ortho intramolecular Hbond substituents is 2. The monoisotopic (exact) mass is 1190 g/mol. The normalized spacial score (nSPS) is 16.3. The van der Waals surface area contributed by atoms with Crippen LogP contribution in [0.25, 0.3) is 54.3 Å². The molecule has 13 rings (SSSR count). The largest absolute Gasteiger partial charge is 0.507 e. The van der Waals surface area contributed by atoms with Crippen molar-refractivity contribution in [2.75, 3.05) is 86.3 Å². The van der Waals surface area contributed by atoms with E-state index in [1.54, 1.807) is 52.5 Å². The Balaban J connectivity index is 0.000000172. The molecule has 6 heterocycles. The molecular weight excluding hydrogens is 1110 g/mol. The number of esters is 2. The summed E-state index contributed by atoms with van der Waals surface area (Å²) in [5, 5.41) is 30.7. The van der Waals surface area contributed by atoms with E-state index in [4.69, 9.17) is 27.8 Å². The molecule has 2 aliphatic heterocycles. The maximum atomic E-state index is 13.5. The lowest BCUT2D eigenvalue weighted by Gasteiger charge is -2.39. The topological polar surface area (TPSA) is 177 Å². The van der Waals surface area contributed by atoms with Crippen LogP contribution in [0.2, 0.25) is 0 Å². The second kappa shape index (κ2) is 26.4. The van der Waals surface area contributed by atoms with E-state index < -0.39 is 11.9 Å². The van der Waals surface area contributed by atoms with E-state index in [2.05, 4.69) is 67.9 Å². The van der Waals surface area contributed by atoms with Gasteiger partial charge in [-0.15, -0.1) is 0 Å². The van der Waals surface area contributed by atoms with E-state index >= 15 is 0 Å². The number of nitrogens with zero attached hydrogens (tertiary/aromatic N) is 6. The van der Waals surface area contributed by atoms with Crippen molar-refractivity contribution >= 4 is 66.2 Å². The number of aromatic hydroxyl groups is 2. The Morgan fingerprint density at radius 2 is 1.03 bits per heavy atom. The van der Waals surface area contributed by atoms with E-state index in [0.717, 1.165) is 103 Å². The number of phenols is 2. The van der Waals surface area contributed by atoms with Gasteiger partial charge in [0.15, 0.2) is 0 Å². The summed E-state index contributed by atoms with van der Waals surface area (Å²) in [6, 6.07) is 33.1. The van der Waals surface area contributed by atoms with Crippen molar-refractivity contribution in [3.05, 3.63) is 178 Å². The summed E-state index contributed by atoms with van der Waals surface area (Å²) < 4.78 is 36.3. The third kappa shape index (κ3) is 12.0. The van der Waals surface area contributed by atoms with Crippen LogP contribution in [0.1, 0.15) is 118 Å². The summed E-state index contributed by atoms with van der Waals surface area (Å²) in [7, 11) is 4.24. The Hall–Kier alpha value is -8.54. The molecule has 16 nitrogen and oxygen atoms in total. The summed E-state index contributed by atoms with van der Waals surface area (Å²) in [6.45, 7) is 15.3. The number of hydrogen-bond donors (Lipinski definition) is 2. The third-order valence-corrected chi connectivity index (χ3v) is 18.1. The number of hydrogen-bond acceptors (Lipinski definition) is 16. The highest BCUT2D eigenvalue weighted by molar-refractivity contribution is 6.18. The SMILES string of the molecule is CCOC(=O)c1c(C)oc2c1c(C(c1ccncc1)N1CCN(C)CC1)c(O)c1cc(OCCC3CCCC3)ccc12.CCOC(=O)c1c(C)oc2c1c(C(c1ccncc1)N1CCN(C)CC1)c(O)c1cc(OCc3cccc4ccccc34)ccc12.